The normalized spacial score (nSPS) is 19.1. The summed E-state index contributed by atoms with van der Waals surface area (Å²) in [6, 6.07) is 0. The molecule has 0 bridgehead atoms. The van der Waals surface area contributed by atoms with E-state index in [2.05, 4.69) is 43.8 Å². The smallest absolute Gasteiger partial charge is 0.0166 e. The zero-order valence-corrected chi connectivity index (χ0v) is 10.1. The quantitative estimate of drug-likeness (QED) is 0.633. The maximum Gasteiger partial charge on any atom is 0.0166 e. The van der Waals surface area contributed by atoms with Gasteiger partial charge < -0.3 is 4.90 Å². The van der Waals surface area contributed by atoms with E-state index in [9.17, 15) is 0 Å². The highest BCUT2D eigenvalue weighted by atomic mass is 15.2. The van der Waals surface area contributed by atoms with Crippen LogP contribution in [0.3, 0.4) is 0 Å². The Morgan fingerprint density at radius 2 is 2.14 bits per heavy atom. The average Bonchev–Trinajstić information content (AvgIpc) is 2.15. The first-order valence-electron chi connectivity index (χ1n) is 5.65. The van der Waals surface area contributed by atoms with Crippen LogP contribution >= 0.6 is 0 Å². The molecule has 0 fully saturated rings. The van der Waals surface area contributed by atoms with Gasteiger partial charge >= 0.3 is 0 Å². The van der Waals surface area contributed by atoms with Crippen molar-refractivity contribution in [1.29, 1.82) is 0 Å². The van der Waals surface area contributed by atoms with Gasteiger partial charge in [0.1, 0.15) is 0 Å². The van der Waals surface area contributed by atoms with Gasteiger partial charge in [-0.1, -0.05) is 25.5 Å². The SMILES string of the molecule is CC(C)C1=CCN(CCN(C)C)CC1. The van der Waals surface area contributed by atoms with Gasteiger partial charge in [-0.2, -0.15) is 0 Å². The first-order valence-corrected chi connectivity index (χ1v) is 5.65. The predicted octanol–water partition coefficient (Wildman–Crippen LogP) is 1.84. The van der Waals surface area contributed by atoms with Crippen LogP contribution < -0.4 is 0 Å². The fourth-order valence-electron chi connectivity index (χ4n) is 1.80. The Balaban J connectivity index is 2.28. The Kier molecular flexibility index (Phi) is 4.63. The van der Waals surface area contributed by atoms with E-state index in [1.807, 2.05) is 0 Å². The van der Waals surface area contributed by atoms with E-state index in [0.717, 1.165) is 12.5 Å². The van der Waals surface area contributed by atoms with E-state index in [-0.39, 0.29) is 0 Å². The van der Waals surface area contributed by atoms with Crippen LogP contribution in [0.25, 0.3) is 0 Å². The van der Waals surface area contributed by atoms with Gasteiger partial charge in [0.05, 0.1) is 0 Å². The molecule has 1 rings (SSSR count). The maximum atomic E-state index is 2.53. The molecule has 2 nitrogen and oxygen atoms in total. The van der Waals surface area contributed by atoms with Crippen LogP contribution in [0.2, 0.25) is 0 Å². The van der Waals surface area contributed by atoms with Crippen molar-refractivity contribution < 1.29 is 0 Å². The van der Waals surface area contributed by atoms with Crippen LogP contribution in [0.15, 0.2) is 11.6 Å². The lowest BCUT2D eigenvalue weighted by molar-refractivity contribution is 0.252. The van der Waals surface area contributed by atoms with Crippen molar-refractivity contribution >= 4 is 0 Å². The van der Waals surface area contributed by atoms with E-state index in [1.165, 1.54) is 26.1 Å². The molecular formula is C12H24N2. The monoisotopic (exact) mass is 196 g/mol. The number of rotatable bonds is 4. The summed E-state index contributed by atoms with van der Waals surface area (Å²) in [5.41, 5.74) is 1.64. The minimum absolute atomic E-state index is 0.742. The Hall–Kier alpha value is -0.340. The largest absolute Gasteiger partial charge is 0.308 e. The Morgan fingerprint density at radius 1 is 1.43 bits per heavy atom. The molecule has 0 saturated heterocycles. The third-order valence-electron chi connectivity index (χ3n) is 2.93. The van der Waals surface area contributed by atoms with Crippen LogP contribution in [0, 0.1) is 5.92 Å². The summed E-state index contributed by atoms with van der Waals surface area (Å²) in [7, 11) is 4.28. The second kappa shape index (κ2) is 5.52. The molecule has 0 spiro atoms. The molecule has 1 heterocycles. The summed E-state index contributed by atoms with van der Waals surface area (Å²) in [6.45, 7) is 9.36. The van der Waals surface area contributed by atoms with Crippen molar-refractivity contribution in [2.75, 3.05) is 40.3 Å². The summed E-state index contributed by atoms with van der Waals surface area (Å²) in [6.07, 6.45) is 3.69. The van der Waals surface area contributed by atoms with Crippen molar-refractivity contribution in [2.45, 2.75) is 20.3 Å². The third kappa shape index (κ3) is 3.81. The topological polar surface area (TPSA) is 6.48 Å². The van der Waals surface area contributed by atoms with Gasteiger partial charge in [0.25, 0.3) is 0 Å². The lowest BCUT2D eigenvalue weighted by Crippen LogP contribution is -2.35. The zero-order chi connectivity index (χ0) is 10.6. The minimum Gasteiger partial charge on any atom is -0.308 e. The zero-order valence-electron chi connectivity index (χ0n) is 10.1. The van der Waals surface area contributed by atoms with Crippen molar-refractivity contribution in [1.82, 2.24) is 9.80 Å². The van der Waals surface area contributed by atoms with Crippen LogP contribution in [0.5, 0.6) is 0 Å². The molecule has 0 saturated carbocycles. The van der Waals surface area contributed by atoms with Gasteiger partial charge in [0, 0.05) is 26.2 Å². The molecule has 0 atom stereocenters. The van der Waals surface area contributed by atoms with E-state index in [1.54, 1.807) is 5.57 Å². The molecule has 1 aliphatic rings. The van der Waals surface area contributed by atoms with E-state index >= 15 is 0 Å². The van der Waals surface area contributed by atoms with E-state index in [0.29, 0.717) is 0 Å². The highest BCUT2D eigenvalue weighted by Crippen LogP contribution is 2.18. The second-order valence-corrected chi connectivity index (χ2v) is 4.79. The molecule has 82 valence electrons. The van der Waals surface area contributed by atoms with E-state index < -0.39 is 0 Å². The van der Waals surface area contributed by atoms with Gasteiger partial charge in [0.2, 0.25) is 0 Å². The van der Waals surface area contributed by atoms with Gasteiger partial charge in [-0.15, -0.1) is 0 Å². The maximum absolute atomic E-state index is 2.53. The van der Waals surface area contributed by atoms with Crippen LogP contribution in [-0.4, -0.2) is 50.1 Å². The van der Waals surface area contributed by atoms with Gasteiger partial charge in [-0.05, 0) is 26.4 Å². The molecule has 0 N–H and O–H groups in total. The fourth-order valence-corrected chi connectivity index (χ4v) is 1.80. The first kappa shape index (κ1) is 11.7. The number of nitrogens with zero attached hydrogens (tertiary/aromatic N) is 2. The van der Waals surface area contributed by atoms with Crippen molar-refractivity contribution in [2.24, 2.45) is 5.92 Å². The summed E-state index contributed by atoms with van der Waals surface area (Å²) < 4.78 is 0. The summed E-state index contributed by atoms with van der Waals surface area (Å²) in [5, 5.41) is 0. The van der Waals surface area contributed by atoms with Crippen molar-refractivity contribution in [3.8, 4) is 0 Å². The number of likely N-dealkylation sites (N-methyl/N-ethyl adjacent to an activating group) is 1. The molecule has 0 aromatic heterocycles. The standard InChI is InChI=1S/C12H24N2/c1-11(2)12-5-7-14(8-6-12)10-9-13(3)4/h5,11H,6-10H2,1-4H3. The molecule has 14 heavy (non-hydrogen) atoms. The van der Waals surface area contributed by atoms with Gasteiger partial charge in [-0.25, -0.2) is 0 Å². The summed E-state index contributed by atoms with van der Waals surface area (Å²) in [4.78, 5) is 4.79. The highest BCUT2D eigenvalue weighted by Gasteiger charge is 2.12. The first-order chi connectivity index (χ1) is 6.59. The van der Waals surface area contributed by atoms with Crippen molar-refractivity contribution in [3.05, 3.63) is 11.6 Å². The highest BCUT2D eigenvalue weighted by molar-refractivity contribution is 5.09. The molecule has 0 amide bonds. The Morgan fingerprint density at radius 3 is 2.57 bits per heavy atom. The second-order valence-electron chi connectivity index (χ2n) is 4.79. The van der Waals surface area contributed by atoms with E-state index in [4.69, 9.17) is 0 Å². The Bertz CT molecular complexity index is 194. The van der Waals surface area contributed by atoms with Crippen molar-refractivity contribution in [3.63, 3.8) is 0 Å². The fraction of sp³-hybridized carbons (Fsp3) is 0.833. The van der Waals surface area contributed by atoms with Crippen LogP contribution in [0.4, 0.5) is 0 Å². The molecule has 1 aliphatic heterocycles. The molecule has 0 aliphatic carbocycles. The molecular weight excluding hydrogens is 172 g/mol. The third-order valence-corrected chi connectivity index (χ3v) is 2.93. The molecule has 0 unspecified atom stereocenters. The predicted molar refractivity (Wildman–Crippen MR) is 62.5 cm³/mol. The molecule has 0 radical (unpaired) electrons. The summed E-state index contributed by atoms with van der Waals surface area (Å²) in [5.74, 6) is 0.742. The number of hydrogen-bond donors (Lipinski definition) is 0. The lowest BCUT2D eigenvalue weighted by Gasteiger charge is -2.28. The summed E-state index contributed by atoms with van der Waals surface area (Å²) >= 11 is 0. The van der Waals surface area contributed by atoms with Crippen LogP contribution in [0.1, 0.15) is 20.3 Å². The average molecular weight is 196 g/mol. The Labute approximate surface area is 88.6 Å². The van der Waals surface area contributed by atoms with Crippen LogP contribution in [-0.2, 0) is 0 Å². The lowest BCUT2D eigenvalue weighted by atomic mass is 9.97. The van der Waals surface area contributed by atoms with Gasteiger partial charge in [0.15, 0.2) is 0 Å². The van der Waals surface area contributed by atoms with Gasteiger partial charge in [-0.3, -0.25) is 4.90 Å². The molecule has 0 aromatic carbocycles. The molecule has 2 heteroatoms. The minimum atomic E-state index is 0.742. The number of hydrogen-bond acceptors (Lipinski definition) is 2. The molecule has 0 aromatic rings.